The fourth-order valence-corrected chi connectivity index (χ4v) is 5.14. The van der Waals surface area contributed by atoms with E-state index in [4.69, 9.17) is 4.74 Å². The molecule has 3 aliphatic rings. The average molecular weight is 407 g/mol. The van der Waals surface area contributed by atoms with Crippen molar-refractivity contribution in [2.24, 2.45) is 0 Å². The van der Waals surface area contributed by atoms with E-state index >= 15 is 0 Å². The first-order valence-electron chi connectivity index (χ1n) is 10.6. The van der Waals surface area contributed by atoms with Crippen LogP contribution in [0.1, 0.15) is 49.7 Å². The number of ketones is 2. The number of carbonyl (C=O) groups excluding carboxylic acids is 2. The Morgan fingerprint density at radius 2 is 1.55 bits per heavy atom. The number of hydrogen-bond acceptors (Lipinski definition) is 4. The average Bonchev–Trinajstić information content (AvgIpc) is 2.81. The van der Waals surface area contributed by atoms with Gasteiger partial charge in [-0.25, -0.2) is 0 Å². The number of allylic oxidation sites excluding steroid dienone is 2. The SMILES string of the molecule is Cc1ccccc1CN1c2ccccc2C2CC1OC1=C2C(=O)c2ccccc2C1=O. The fraction of sp³-hybridized carbons (Fsp3) is 0.185. The molecule has 0 radical (unpaired) electrons. The lowest BCUT2D eigenvalue weighted by molar-refractivity contribution is 0.0535. The van der Waals surface area contributed by atoms with Crippen LogP contribution in [0.4, 0.5) is 5.69 Å². The summed E-state index contributed by atoms with van der Waals surface area (Å²) in [6, 6.07) is 23.6. The summed E-state index contributed by atoms with van der Waals surface area (Å²) < 4.78 is 6.32. The third kappa shape index (κ3) is 2.61. The maximum atomic E-state index is 13.4. The standard InChI is InChI=1S/C27H21NO3/c1-16-8-2-3-9-17(16)15-28-22-13-7-6-10-18(22)21-14-23(28)31-27-24(21)25(29)19-11-4-5-12-20(19)26(27)30/h2-13,21,23H,14-15H2,1H3. The van der Waals surface area contributed by atoms with Crippen molar-refractivity contribution in [2.75, 3.05) is 4.90 Å². The second kappa shape index (κ2) is 6.67. The van der Waals surface area contributed by atoms with Crippen molar-refractivity contribution in [3.05, 3.63) is 112 Å². The molecule has 152 valence electrons. The van der Waals surface area contributed by atoms with Gasteiger partial charge in [0.25, 0.3) is 0 Å². The van der Waals surface area contributed by atoms with E-state index in [-0.39, 0.29) is 29.5 Å². The molecule has 4 nitrogen and oxygen atoms in total. The van der Waals surface area contributed by atoms with Crippen LogP contribution in [-0.4, -0.2) is 17.8 Å². The van der Waals surface area contributed by atoms with E-state index in [0.29, 0.717) is 29.7 Å². The number of aryl methyl sites for hydroxylation is 1. The molecule has 0 spiro atoms. The van der Waals surface area contributed by atoms with Crippen molar-refractivity contribution < 1.29 is 14.3 Å². The molecule has 6 rings (SSSR count). The summed E-state index contributed by atoms with van der Waals surface area (Å²) in [5.74, 6) is -0.178. The Balaban J connectivity index is 1.49. The van der Waals surface area contributed by atoms with Gasteiger partial charge in [-0.05, 0) is 29.7 Å². The molecule has 3 aromatic carbocycles. The minimum absolute atomic E-state index is 0.0872. The number of ether oxygens (including phenoxy) is 1. The highest BCUT2D eigenvalue weighted by Gasteiger charge is 2.47. The summed E-state index contributed by atoms with van der Waals surface area (Å²) in [7, 11) is 0. The zero-order valence-electron chi connectivity index (χ0n) is 17.2. The van der Waals surface area contributed by atoms with Crippen LogP contribution < -0.4 is 4.90 Å². The summed E-state index contributed by atoms with van der Waals surface area (Å²) in [5, 5.41) is 0. The number of fused-ring (bicyclic) bond motifs is 6. The van der Waals surface area contributed by atoms with Crippen LogP contribution in [0.15, 0.2) is 84.1 Å². The van der Waals surface area contributed by atoms with E-state index in [1.165, 1.54) is 11.1 Å². The lowest BCUT2D eigenvalue weighted by Gasteiger charge is -2.46. The van der Waals surface area contributed by atoms with E-state index < -0.39 is 0 Å². The number of Topliss-reactive ketones (excluding diaryl/α,β-unsaturated/α-hetero) is 2. The lowest BCUT2D eigenvalue weighted by Crippen LogP contribution is -2.47. The van der Waals surface area contributed by atoms with Gasteiger partial charge >= 0.3 is 0 Å². The summed E-state index contributed by atoms with van der Waals surface area (Å²) in [4.78, 5) is 29.0. The Morgan fingerprint density at radius 1 is 0.871 bits per heavy atom. The van der Waals surface area contributed by atoms with Crippen molar-refractivity contribution in [3.8, 4) is 0 Å². The molecular formula is C27H21NO3. The Labute approximate surface area is 180 Å². The number of hydrogen-bond donors (Lipinski definition) is 0. The number of nitrogens with zero attached hydrogens (tertiary/aromatic N) is 1. The number of benzene rings is 3. The molecule has 0 N–H and O–H groups in total. The normalized spacial score (nSPS) is 21.3. The van der Waals surface area contributed by atoms with Gasteiger partial charge in [-0.1, -0.05) is 66.7 Å². The van der Waals surface area contributed by atoms with E-state index in [1.54, 1.807) is 24.3 Å². The summed E-state index contributed by atoms with van der Waals surface area (Å²) >= 11 is 0. The van der Waals surface area contributed by atoms with Gasteiger partial charge in [0, 0.05) is 35.7 Å². The summed E-state index contributed by atoms with van der Waals surface area (Å²) in [6.07, 6.45) is 0.364. The van der Waals surface area contributed by atoms with Gasteiger partial charge in [-0.3, -0.25) is 9.59 Å². The Bertz CT molecular complexity index is 1290. The quantitative estimate of drug-likeness (QED) is 0.587. The molecule has 3 aromatic rings. The van der Waals surface area contributed by atoms with E-state index in [9.17, 15) is 9.59 Å². The molecule has 0 amide bonds. The van der Waals surface area contributed by atoms with Gasteiger partial charge in [0.2, 0.25) is 5.78 Å². The zero-order chi connectivity index (χ0) is 21.1. The van der Waals surface area contributed by atoms with Crippen molar-refractivity contribution in [2.45, 2.75) is 32.0 Å². The number of anilines is 1. The van der Waals surface area contributed by atoms with Crippen molar-refractivity contribution in [1.29, 1.82) is 0 Å². The Kier molecular flexibility index (Phi) is 3.90. The van der Waals surface area contributed by atoms with E-state index in [0.717, 1.165) is 11.3 Å². The molecular weight excluding hydrogens is 386 g/mol. The molecule has 0 fully saturated rings. The molecule has 2 unspecified atom stereocenters. The van der Waals surface area contributed by atoms with Crippen LogP contribution in [0, 0.1) is 6.92 Å². The van der Waals surface area contributed by atoms with Gasteiger partial charge in [0.15, 0.2) is 17.8 Å². The monoisotopic (exact) mass is 407 g/mol. The van der Waals surface area contributed by atoms with Crippen molar-refractivity contribution >= 4 is 17.3 Å². The summed E-state index contributed by atoms with van der Waals surface area (Å²) in [6.45, 7) is 2.79. The van der Waals surface area contributed by atoms with Gasteiger partial charge in [0.05, 0.1) is 5.57 Å². The molecule has 1 aliphatic carbocycles. The predicted octanol–water partition coefficient (Wildman–Crippen LogP) is 5.18. The van der Waals surface area contributed by atoms with Crippen molar-refractivity contribution in [1.82, 2.24) is 0 Å². The zero-order valence-corrected chi connectivity index (χ0v) is 17.2. The molecule has 2 heterocycles. The molecule has 0 saturated carbocycles. The number of rotatable bonds is 2. The number of carbonyl (C=O) groups is 2. The smallest absolute Gasteiger partial charge is 0.228 e. The first-order chi connectivity index (χ1) is 15.1. The largest absolute Gasteiger partial charge is 0.466 e. The van der Waals surface area contributed by atoms with Crippen molar-refractivity contribution in [3.63, 3.8) is 0 Å². The first-order valence-corrected chi connectivity index (χ1v) is 10.6. The maximum absolute atomic E-state index is 13.4. The minimum Gasteiger partial charge on any atom is -0.466 e. The molecule has 2 bridgehead atoms. The van der Waals surface area contributed by atoms with Crippen LogP contribution in [0.5, 0.6) is 0 Å². The fourth-order valence-electron chi connectivity index (χ4n) is 5.14. The molecule has 31 heavy (non-hydrogen) atoms. The molecule has 2 aliphatic heterocycles. The van der Waals surface area contributed by atoms with Gasteiger partial charge < -0.3 is 9.64 Å². The predicted molar refractivity (Wildman–Crippen MR) is 118 cm³/mol. The summed E-state index contributed by atoms with van der Waals surface area (Å²) in [5.41, 5.74) is 6.02. The molecule has 4 heteroatoms. The Morgan fingerprint density at radius 3 is 2.35 bits per heavy atom. The van der Waals surface area contributed by atoms with Gasteiger partial charge in [0.1, 0.15) is 0 Å². The minimum atomic E-state index is -0.291. The lowest BCUT2D eigenvalue weighted by atomic mass is 9.74. The topological polar surface area (TPSA) is 46.6 Å². The van der Waals surface area contributed by atoms with Crippen LogP contribution in [0.3, 0.4) is 0 Å². The van der Waals surface area contributed by atoms with E-state index in [2.05, 4.69) is 36.1 Å². The highest BCUT2D eigenvalue weighted by molar-refractivity contribution is 6.26. The molecule has 0 saturated heterocycles. The van der Waals surface area contributed by atoms with Crippen LogP contribution in [0.2, 0.25) is 0 Å². The van der Waals surface area contributed by atoms with E-state index in [1.807, 2.05) is 24.3 Å². The third-order valence-electron chi connectivity index (χ3n) is 6.72. The van der Waals surface area contributed by atoms with Crippen LogP contribution in [-0.2, 0) is 11.3 Å². The molecule has 0 aromatic heterocycles. The van der Waals surface area contributed by atoms with Crippen LogP contribution >= 0.6 is 0 Å². The van der Waals surface area contributed by atoms with Crippen LogP contribution in [0.25, 0.3) is 0 Å². The Hall–Kier alpha value is -3.66. The first kappa shape index (κ1) is 18.1. The highest BCUT2D eigenvalue weighted by Crippen LogP contribution is 2.50. The maximum Gasteiger partial charge on any atom is 0.228 e. The second-order valence-electron chi connectivity index (χ2n) is 8.42. The second-order valence-corrected chi connectivity index (χ2v) is 8.42. The number of para-hydroxylation sites is 1. The highest BCUT2D eigenvalue weighted by atomic mass is 16.5. The van der Waals surface area contributed by atoms with Gasteiger partial charge in [-0.2, -0.15) is 0 Å². The molecule has 2 atom stereocenters. The van der Waals surface area contributed by atoms with Gasteiger partial charge in [-0.15, -0.1) is 0 Å². The third-order valence-corrected chi connectivity index (χ3v) is 6.72.